The lowest BCUT2D eigenvalue weighted by Gasteiger charge is -2.17. The maximum absolute atomic E-state index is 12.2. The topological polar surface area (TPSA) is 57.6 Å². The van der Waals surface area contributed by atoms with Crippen molar-refractivity contribution in [3.05, 3.63) is 47.5 Å². The lowest BCUT2D eigenvalue weighted by molar-refractivity contribution is 0.0696. The Hall–Kier alpha value is -2.10. The standard InChI is InChI=1S/C15H19NO3/c1-4-5-6-7-16(3)14(17)12-8-11(2)9-13(10-12)15(18)19/h4,8-10H,1,5-7H2,2-3H3,(H,18,19). The van der Waals surface area contributed by atoms with Gasteiger partial charge in [-0.1, -0.05) is 6.08 Å². The SMILES string of the molecule is C=CCCCN(C)C(=O)c1cc(C)cc(C(=O)O)c1. The molecule has 0 unspecified atom stereocenters. The summed E-state index contributed by atoms with van der Waals surface area (Å²) in [6.07, 6.45) is 3.52. The van der Waals surface area contributed by atoms with Crippen molar-refractivity contribution in [1.29, 1.82) is 0 Å². The fourth-order valence-electron chi connectivity index (χ4n) is 1.82. The second-order valence-corrected chi connectivity index (χ2v) is 4.55. The van der Waals surface area contributed by atoms with Gasteiger partial charge in [0.25, 0.3) is 5.91 Å². The number of allylic oxidation sites excluding steroid dienone is 1. The first kappa shape index (κ1) is 15.0. The summed E-state index contributed by atoms with van der Waals surface area (Å²) in [5, 5.41) is 8.99. The van der Waals surface area contributed by atoms with E-state index in [0.717, 1.165) is 18.4 Å². The summed E-state index contributed by atoms with van der Waals surface area (Å²) in [4.78, 5) is 24.7. The van der Waals surface area contributed by atoms with E-state index in [4.69, 9.17) is 5.11 Å². The van der Waals surface area contributed by atoms with Crippen LogP contribution in [0.1, 0.15) is 39.1 Å². The fourth-order valence-corrected chi connectivity index (χ4v) is 1.82. The minimum atomic E-state index is -1.02. The van der Waals surface area contributed by atoms with E-state index in [2.05, 4.69) is 6.58 Å². The largest absolute Gasteiger partial charge is 0.478 e. The number of carboxylic acid groups (broad SMARTS) is 1. The fraction of sp³-hybridized carbons (Fsp3) is 0.333. The molecular weight excluding hydrogens is 242 g/mol. The first-order valence-electron chi connectivity index (χ1n) is 6.17. The van der Waals surface area contributed by atoms with Crippen molar-refractivity contribution in [2.75, 3.05) is 13.6 Å². The molecule has 1 aromatic carbocycles. The molecule has 1 amide bonds. The van der Waals surface area contributed by atoms with Crippen LogP contribution in [0.5, 0.6) is 0 Å². The molecule has 0 saturated heterocycles. The van der Waals surface area contributed by atoms with Gasteiger partial charge >= 0.3 is 5.97 Å². The van der Waals surface area contributed by atoms with Gasteiger partial charge in [0, 0.05) is 19.2 Å². The summed E-state index contributed by atoms with van der Waals surface area (Å²) in [5.41, 5.74) is 1.32. The lowest BCUT2D eigenvalue weighted by atomic mass is 10.1. The molecule has 0 saturated carbocycles. The summed E-state index contributed by atoms with van der Waals surface area (Å²) >= 11 is 0. The molecule has 4 nitrogen and oxygen atoms in total. The van der Waals surface area contributed by atoms with Gasteiger partial charge in [0.2, 0.25) is 0 Å². The van der Waals surface area contributed by atoms with Gasteiger partial charge in [0.05, 0.1) is 5.56 Å². The third-order valence-corrected chi connectivity index (χ3v) is 2.82. The Morgan fingerprint density at radius 3 is 2.53 bits per heavy atom. The van der Waals surface area contributed by atoms with E-state index in [-0.39, 0.29) is 11.5 Å². The molecule has 0 radical (unpaired) electrons. The number of carbonyl (C=O) groups excluding carboxylic acids is 1. The third kappa shape index (κ3) is 4.25. The number of aryl methyl sites for hydroxylation is 1. The molecule has 0 aliphatic carbocycles. The maximum atomic E-state index is 12.2. The van der Waals surface area contributed by atoms with Crippen molar-refractivity contribution in [2.45, 2.75) is 19.8 Å². The quantitative estimate of drug-likeness (QED) is 0.632. The molecule has 0 aromatic heterocycles. The van der Waals surface area contributed by atoms with E-state index >= 15 is 0 Å². The Morgan fingerprint density at radius 1 is 1.32 bits per heavy atom. The molecule has 0 bridgehead atoms. The van der Waals surface area contributed by atoms with E-state index < -0.39 is 5.97 Å². The lowest BCUT2D eigenvalue weighted by Crippen LogP contribution is -2.28. The number of nitrogens with zero attached hydrogens (tertiary/aromatic N) is 1. The Labute approximate surface area is 113 Å². The van der Waals surface area contributed by atoms with Crippen molar-refractivity contribution < 1.29 is 14.7 Å². The molecule has 1 aromatic rings. The molecule has 19 heavy (non-hydrogen) atoms. The van der Waals surface area contributed by atoms with E-state index in [0.29, 0.717) is 12.1 Å². The first-order chi connectivity index (χ1) is 8.95. The highest BCUT2D eigenvalue weighted by Gasteiger charge is 2.14. The normalized spacial score (nSPS) is 10.0. The minimum Gasteiger partial charge on any atom is -0.478 e. The van der Waals surface area contributed by atoms with Crippen LogP contribution < -0.4 is 0 Å². The molecule has 4 heteroatoms. The van der Waals surface area contributed by atoms with E-state index in [1.807, 2.05) is 6.08 Å². The number of carbonyl (C=O) groups is 2. The average molecular weight is 261 g/mol. The van der Waals surface area contributed by atoms with Crippen molar-refractivity contribution in [2.24, 2.45) is 0 Å². The Balaban J connectivity index is 2.86. The molecule has 0 aliphatic heterocycles. The zero-order chi connectivity index (χ0) is 14.4. The van der Waals surface area contributed by atoms with Gasteiger partial charge in [-0.05, 0) is 43.5 Å². The van der Waals surface area contributed by atoms with Crippen LogP contribution >= 0.6 is 0 Å². The van der Waals surface area contributed by atoms with Gasteiger partial charge in [0.15, 0.2) is 0 Å². The highest BCUT2D eigenvalue weighted by Crippen LogP contribution is 2.12. The number of amides is 1. The number of benzene rings is 1. The zero-order valence-corrected chi connectivity index (χ0v) is 11.3. The van der Waals surface area contributed by atoms with Crippen LogP contribution in [0.4, 0.5) is 0 Å². The van der Waals surface area contributed by atoms with Crippen molar-refractivity contribution >= 4 is 11.9 Å². The predicted molar refractivity (Wildman–Crippen MR) is 74.5 cm³/mol. The summed E-state index contributed by atoms with van der Waals surface area (Å²) in [6, 6.07) is 4.68. The first-order valence-corrected chi connectivity index (χ1v) is 6.17. The van der Waals surface area contributed by atoms with Crippen LogP contribution in [-0.4, -0.2) is 35.5 Å². The third-order valence-electron chi connectivity index (χ3n) is 2.82. The molecule has 0 atom stereocenters. The number of carboxylic acids is 1. The Bertz CT molecular complexity index is 494. The summed E-state index contributed by atoms with van der Waals surface area (Å²) in [5.74, 6) is -1.18. The summed E-state index contributed by atoms with van der Waals surface area (Å²) in [7, 11) is 1.72. The zero-order valence-electron chi connectivity index (χ0n) is 11.3. The number of hydrogen-bond donors (Lipinski definition) is 1. The van der Waals surface area contributed by atoms with Gasteiger partial charge in [-0.15, -0.1) is 6.58 Å². The molecule has 0 heterocycles. The van der Waals surface area contributed by atoms with Crippen LogP contribution in [0, 0.1) is 6.92 Å². The van der Waals surface area contributed by atoms with Crippen LogP contribution in [0.25, 0.3) is 0 Å². The second-order valence-electron chi connectivity index (χ2n) is 4.55. The van der Waals surface area contributed by atoms with Gasteiger partial charge in [0.1, 0.15) is 0 Å². The smallest absolute Gasteiger partial charge is 0.335 e. The van der Waals surface area contributed by atoms with Crippen molar-refractivity contribution in [3.8, 4) is 0 Å². The maximum Gasteiger partial charge on any atom is 0.335 e. The number of hydrogen-bond acceptors (Lipinski definition) is 2. The van der Waals surface area contributed by atoms with Gasteiger partial charge in [-0.3, -0.25) is 4.79 Å². The summed E-state index contributed by atoms with van der Waals surface area (Å²) in [6.45, 7) is 6.04. The van der Waals surface area contributed by atoms with Crippen LogP contribution in [-0.2, 0) is 0 Å². The average Bonchev–Trinajstić information content (AvgIpc) is 2.37. The van der Waals surface area contributed by atoms with Gasteiger partial charge in [-0.2, -0.15) is 0 Å². The molecular formula is C15H19NO3. The monoisotopic (exact) mass is 261 g/mol. The molecule has 0 aliphatic rings. The molecule has 0 fully saturated rings. The summed E-state index contributed by atoms with van der Waals surface area (Å²) < 4.78 is 0. The number of aromatic carboxylic acids is 1. The molecule has 0 spiro atoms. The van der Waals surface area contributed by atoms with Crippen LogP contribution in [0.3, 0.4) is 0 Å². The van der Waals surface area contributed by atoms with Crippen molar-refractivity contribution in [1.82, 2.24) is 4.90 Å². The minimum absolute atomic E-state index is 0.142. The molecule has 102 valence electrons. The highest BCUT2D eigenvalue weighted by atomic mass is 16.4. The van der Waals surface area contributed by atoms with Crippen LogP contribution in [0.15, 0.2) is 30.9 Å². The second kappa shape index (κ2) is 6.73. The van der Waals surface area contributed by atoms with Gasteiger partial charge < -0.3 is 10.0 Å². The Kier molecular flexibility index (Phi) is 5.30. The van der Waals surface area contributed by atoms with E-state index in [1.54, 1.807) is 31.0 Å². The molecule has 1 rings (SSSR count). The van der Waals surface area contributed by atoms with E-state index in [9.17, 15) is 9.59 Å². The van der Waals surface area contributed by atoms with Crippen LogP contribution in [0.2, 0.25) is 0 Å². The van der Waals surface area contributed by atoms with Gasteiger partial charge in [-0.25, -0.2) is 4.79 Å². The number of rotatable bonds is 6. The van der Waals surface area contributed by atoms with Crippen molar-refractivity contribution in [3.63, 3.8) is 0 Å². The predicted octanol–water partition coefficient (Wildman–Crippen LogP) is 2.73. The molecule has 1 N–H and O–H groups in total. The number of unbranched alkanes of at least 4 members (excludes halogenated alkanes) is 1. The Morgan fingerprint density at radius 2 is 1.95 bits per heavy atom. The van der Waals surface area contributed by atoms with E-state index in [1.165, 1.54) is 6.07 Å². The highest BCUT2D eigenvalue weighted by molar-refractivity contribution is 5.97.